The van der Waals surface area contributed by atoms with Gasteiger partial charge in [0.15, 0.2) is 5.82 Å². The SMILES string of the molecule is COc1cc2[nH]ncc2cc1C(=O)Nc1cccn(-c2cn(C)nn2)c1=O. The summed E-state index contributed by atoms with van der Waals surface area (Å²) in [7, 11) is 3.17. The Morgan fingerprint density at radius 1 is 1.33 bits per heavy atom. The molecule has 0 aliphatic heterocycles. The number of benzene rings is 1. The summed E-state index contributed by atoms with van der Waals surface area (Å²) in [4.78, 5) is 25.5. The van der Waals surface area contributed by atoms with E-state index >= 15 is 0 Å². The van der Waals surface area contributed by atoms with Gasteiger partial charge in [0.25, 0.3) is 11.5 Å². The van der Waals surface area contributed by atoms with Gasteiger partial charge in [-0.1, -0.05) is 5.21 Å². The molecule has 0 saturated heterocycles. The van der Waals surface area contributed by atoms with Gasteiger partial charge in [0, 0.05) is 24.7 Å². The Hall–Kier alpha value is -3.95. The monoisotopic (exact) mass is 365 g/mol. The number of ether oxygens (including phenoxy) is 1. The Labute approximate surface area is 152 Å². The largest absolute Gasteiger partial charge is 0.496 e. The Morgan fingerprint density at radius 2 is 2.19 bits per heavy atom. The number of methoxy groups -OCH3 is 1. The molecule has 1 aromatic carbocycles. The van der Waals surface area contributed by atoms with Crippen molar-refractivity contribution in [3.8, 4) is 11.6 Å². The van der Waals surface area contributed by atoms with Gasteiger partial charge in [-0.25, -0.2) is 0 Å². The molecule has 0 bridgehead atoms. The number of rotatable bonds is 4. The average molecular weight is 365 g/mol. The van der Waals surface area contributed by atoms with Crippen LogP contribution in [0.2, 0.25) is 0 Å². The summed E-state index contributed by atoms with van der Waals surface area (Å²) in [6, 6.07) is 6.50. The molecule has 0 fully saturated rings. The van der Waals surface area contributed by atoms with E-state index in [1.54, 1.807) is 43.8 Å². The molecule has 10 nitrogen and oxygen atoms in total. The van der Waals surface area contributed by atoms with E-state index in [1.165, 1.54) is 22.4 Å². The Balaban J connectivity index is 1.70. The second-order valence-electron chi connectivity index (χ2n) is 5.81. The van der Waals surface area contributed by atoms with E-state index in [4.69, 9.17) is 4.74 Å². The first-order chi connectivity index (χ1) is 13.1. The van der Waals surface area contributed by atoms with Crippen molar-refractivity contribution in [2.24, 2.45) is 7.05 Å². The number of carbonyl (C=O) groups is 1. The van der Waals surface area contributed by atoms with Crippen molar-refractivity contribution in [2.45, 2.75) is 0 Å². The lowest BCUT2D eigenvalue weighted by atomic mass is 10.1. The lowest BCUT2D eigenvalue weighted by molar-refractivity contribution is 0.102. The summed E-state index contributed by atoms with van der Waals surface area (Å²) in [5.74, 6) is 0.259. The number of pyridine rings is 1. The van der Waals surface area contributed by atoms with Crippen LogP contribution < -0.4 is 15.6 Å². The van der Waals surface area contributed by atoms with Crippen molar-refractivity contribution in [3.63, 3.8) is 0 Å². The molecule has 3 aromatic heterocycles. The molecule has 0 atom stereocenters. The molecule has 0 unspecified atom stereocenters. The molecule has 2 N–H and O–H groups in total. The zero-order valence-electron chi connectivity index (χ0n) is 14.5. The number of amides is 1. The minimum atomic E-state index is -0.469. The molecule has 4 rings (SSSR count). The second-order valence-corrected chi connectivity index (χ2v) is 5.81. The van der Waals surface area contributed by atoms with E-state index < -0.39 is 11.5 Å². The Bertz CT molecular complexity index is 1200. The number of nitrogens with zero attached hydrogens (tertiary/aromatic N) is 5. The van der Waals surface area contributed by atoms with Gasteiger partial charge in [-0.05, 0) is 18.2 Å². The van der Waals surface area contributed by atoms with Gasteiger partial charge in [-0.15, -0.1) is 5.10 Å². The standard InChI is InChI=1S/C17H15N7O3/c1-23-9-15(21-22-23)24-5-3-4-12(17(24)26)19-16(25)11-6-10-8-18-20-13(10)7-14(11)27-2/h3-9H,1-2H3,(H,18,20)(H,19,25). The normalized spacial score (nSPS) is 10.9. The predicted molar refractivity (Wildman–Crippen MR) is 97.2 cm³/mol. The number of carbonyl (C=O) groups excluding carboxylic acids is 1. The summed E-state index contributed by atoms with van der Waals surface area (Å²) in [5, 5.41) is 17.9. The van der Waals surface area contributed by atoms with Gasteiger partial charge in [0.2, 0.25) is 0 Å². The summed E-state index contributed by atoms with van der Waals surface area (Å²) in [6.07, 6.45) is 4.76. The van der Waals surface area contributed by atoms with Gasteiger partial charge in [0.05, 0.1) is 30.6 Å². The smallest absolute Gasteiger partial charge is 0.280 e. The third-order valence-electron chi connectivity index (χ3n) is 4.04. The third-order valence-corrected chi connectivity index (χ3v) is 4.04. The molecule has 0 spiro atoms. The lowest BCUT2D eigenvalue weighted by Gasteiger charge is -2.10. The van der Waals surface area contributed by atoms with Gasteiger partial charge in [0.1, 0.15) is 11.4 Å². The summed E-state index contributed by atoms with van der Waals surface area (Å²) in [5.41, 5.74) is 0.728. The number of aromatic amines is 1. The fourth-order valence-electron chi connectivity index (χ4n) is 2.72. The molecule has 0 saturated carbocycles. The van der Waals surface area contributed by atoms with Crippen LogP contribution in [-0.2, 0) is 7.05 Å². The molecule has 0 aliphatic rings. The number of nitrogens with one attached hydrogen (secondary N) is 2. The topological polar surface area (TPSA) is 120 Å². The van der Waals surface area contributed by atoms with Crippen LogP contribution in [0.5, 0.6) is 5.75 Å². The lowest BCUT2D eigenvalue weighted by Crippen LogP contribution is -2.25. The van der Waals surface area contributed by atoms with E-state index in [-0.39, 0.29) is 5.69 Å². The number of fused-ring (bicyclic) bond motifs is 1. The molecule has 3 heterocycles. The van der Waals surface area contributed by atoms with Crippen LogP contribution in [0.15, 0.2) is 47.7 Å². The van der Waals surface area contributed by atoms with Crippen LogP contribution in [0.4, 0.5) is 5.69 Å². The summed E-state index contributed by atoms with van der Waals surface area (Å²) < 4.78 is 8.08. The van der Waals surface area contributed by atoms with Crippen LogP contribution >= 0.6 is 0 Å². The second kappa shape index (κ2) is 6.41. The van der Waals surface area contributed by atoms with Crippen molar-refractivity contribution < 1.29 is 9.53 Å². The predicted octanol–water partition coefficient (Wildman–Crippen LogP) is 1.10. The molecule has 4 aromatic rings. The highest BCUT2D eigenvalue weighted by Gasteiger charge is 2.17. The van der Waals surface area contributed by atoms with E-state index in [1.807, 2.05) is 0 Å². The number of hydrogen-bond donors (Lipinski definition) is 2. The fraction of sp³-hybridized carbons (Fsp3) is 0.118. The molecule has 1 amide bonds. The van der Waals surface area contributed by atoms with Crippen molar-refractivity contribution >= 4 is 22.5 Å². The highest BCUT2D eigenvalue weighted by atomic mass is 16.5. The fourth-order valence-corrected chi connectivity index (χ4v) is 2.72. The highest BCUT2D eigenvalue weighted by molar-refractivity contribution is 6.08. The van der Waals surface area contributed by atoms with Gasteiger partial charge in [-0.3, -0.25) is 23.9 Å². The van der Waals surface area contributed by atoms with Crippen molar-refractivity contribution in [3.05, 3.63) is 58.8 Å². The Kier molecular flexibility index (Phi) is 3.92. The van der Waals surface area contributed by atoms with Crippen LogP contribution in [0, 0.1) is 0 Å². The van der Waals surface area contributed by atoms with Crippen LogP contribution in [-0.4, -0.2) is 42.8 Å². The molecular formula is C17H15N7O3. The van der Waals surface area contributed by atoms with Crippen molar-refractivity contribution in [1.29, 1.82) is 0 Å². The van der Waals surface area contributed by atoms with Crippen molar-refractivity contribution in [2.75, 3.05) is 12.4 Å². The Morgan fingerprint density at radius 3 is 2.93 bits per heavy atom. The van der Waals surface area contributed by atoms with E-state index in [0.717, 1.165) is 10.9 Å². The van der Waals surface area contributed by atoms with Gasteiger partial charge in [-0.2, -0.15) is 5.10 Å². The molecule has 0 aliphatic carbocycles. The zero-order chi connectivity index (χ0) is 19.0. The van der Waals surface area contributed by atoms with Gasteiger partial charge >= 0.3 is 0 Å². The number of aryl methyl sites for hydroxylation is 1. The maximum Gasteiger partial charge on any atom is 0.280 e. The summed E-state index contributed by atoms with van der Waals surface area (Å²) >= 11 is 0. The van der Waals surface area contributed by atoms with Crippen LogP contribution in [0.25, 0.3) is 16.7 Å². The third kappa shape index (κ3) is 2.92. The highest BCUT2D eigenvalue weighted by Crippen LogP contribution is 2.25. The van der Waals surface area contributed by atoms with Crippen molar-refractivity contribution in [1.82, 2.24) is 29.8 Å². The first-order valence-electron chi connectivity index (χ1n) is 7.97. The molecule has 0 radical (unpaired) electrons. The maximum absolute atomic E-state index is 12.8. The molecule has 27 heavy (non-hydrogen) atoms. The molecular weight excluding hydrogens is 350 g/mol. The quantitative estimate of drug-likeness (QED) is 0.559. The number of H-pyrrole nitrogens is 1. The minimum Gasteiger partial charge on any atom is -0.496 e. The van der Waals surface area contributed by atoms with Gasteiger partial charge < -0.3 is 10.1 Å². The van der Waals surface area contributed by atoms with Crippen LogP contribution in [0.1, 0.15) is 10.4 Å². The first kappa shape index (κ1) is 16.5. The first-order valence-corrected chi connectivity index (χ1v) is 7.97. The van der Waals surface area contributed by atoms with E-state index in [2.05, 4.69) is 25.8 Å². The minimum absolute atomic E-state index is 0.113. The number of hydrogen-bond acceptors (Lipinski definition) is 6. The van der Waals surface area contributed by atoms with Crippen LogP contribution in [0.3, 0.4) is 0 Å². The maximum atomic E-state index is 12.8. The summed E-state index contributed by atoms with van der Waals surface area (Å²) in [6.45, 7) is 0. The number of anilines is 1. The van der Waals surface area contributed by atoms with E-state index in [0.29, 0.717) is 17.1 Å². The zero-order valence-corrected chi connectivity index (χ0v) is 14.5. The number of aromatic nitrogens is 6. The average Bonchev–Trinajstić information content (AvgIpc) is 3.30. The molecule has 10 heteroatoms. The molecule has 136 valence electrons. The van der Waals surface area contributed by atoms with E-state index in [9.17, 15) is 9.59 Å².